The number of amides is 7. The summed E-state index contributed by atoms with van der Waals surface area (Å²) < 4.78 is 52.9. The quantitative estimate of drug-likeness (QED) is 0.0544. The standard InChI is InChI=1S/C82H94Cl2N10O26S2/c1-32(2)19-45(87-7)73(105)93-63-65(100)36-11-15-49(43(83)21-36)115-51-23-38-24-52(69(51)120-80-70(67(102)66(101)53(31-95)117-80)119-58-29-82(6,72(104)34(4)114-58)88-30-40-13-17-55(122-40)54-9-8-18-121-54)116-50-16-12-37(22-44(50)84)68(118-57-28-81(5,86)71(103)33(3)113-57)64-78(110)92-62(79(111)112)42-25-39(96)26-48(98)59(42)41-20-35(10-14-47(41)97)60(75(107)94-64)91-76(108)61(38)90-74(106)46(27-56(85)99)89-77(63)109/h8-18,20-26,32-34,45-46,53,57-58,60-68,70-72,80,87-88,95-98,100-104H,19,27-31,86H2,1-7H3,(H2,85,99)(H,89,109)(H,90,106)(H,91,108)(H,92,110)(H,93,105)(H,94,107)(H,111,112)/t33-,34-,45+,46-,53+,57-,58-,60+,61+,62-,63+,64-,65+,66+,67-,68+,70+,71-,72-,80-,81-,82-/m0/s1. The van der Waals surface area contributed by atoms with E-state index in [0.717, 1.165) is 63.2 Å². The van der Waals surface area contributed by atoms with Gasteiger partial charge in [0.25, 0.3) is 0 Å². The van der Waals surface area contributed by atoms with Crippen molar-refractivity contribution in [3.63, 3.8) is 0 Å². The van der Waals surface area contributed by atoms with E-state index in [1.54, 1.807) is 25.2 Å². The maximum absolute atomic E-state index is 16.5. The Kier molecular flexibility index (Phi) is 27.1. The molecule has 0 radical (unpaired) electrons. The minimum absolute atomic E-state index is 0.115. The molecule has 5 aromatic carbocycles. The molecule has 122 heavy (non-hydrogen) atoms. The number of halogens is 2. The summed E-state index contributed by atoms with van der Waals surface area (Å²) in [5, 5.41) is 139. The van der Waals surface area contributed by atoms with E-state index in [9.17, 15) is 65.4 Å². The number of benzene rings is 5. The summed E-state index contributed by atoms with van der Waals surface area (Å²) in [5.74, 6) is -16.0. The molecule has 22 N–H and O–H groups in total. The number of hydrogen-bond donors (Lipinski definition) is 20. The molecule has 3 fully saturated rings. The highest BCUT2D eigenvalue weighted by Crippen LogP contribution is 2.51. The van der Waals surface area contributed by atoms with Crippen LogP contribution in [0.15, 0.2) is 109 Å². The number of primary amides is 1. The number of rotatable bonds is 19. The van der Waals surface area contributed by atoms with E-state index < -0.39 is 261 Å². The maximum Gasteiger partial charge on any atom is 0.330 e. The molecule has 7 aromatic rings. The van der Waals surface area contributed by atoms with Crippen LogP contribution in [0.5, 0.6) is 46.0 Å². The average Bonchev–Trinajstić information content (AvgIpc) is 0.801. The molecule has 0 unspecified atom stereocenters. The second-order valence-corrected chi connectivity index (χ2v) is 34.7. The summed E-state index contributed by atoms with van der Waals surface area (Å²) in [5.41, 5.74) is 7.05. The summed E-state index contributed by atoms with van der Waals surface area (Å²) in [6, 6.07) is 7.53. The van der Waals surface area contributed by atoms with E-state index >= 15 is 24.0 Å². The number of nitrogens with one attached hydrogen (secondary N) is 8. The SMILES string of the molecule is CN[C@H](CC(C)C)C(=O)N[C@H]1C(=O)N[C@@H](CC(N)=O)C(=O)N[C@H]2C(=O)N[C@H]3C(=O)N[C@H](C(=O)N[C@H](C(=O)O)c4cc(O)cc(O)c4-c4cc3ccc4O)[C@H](O[C@H]3C[C@](C)(N)[C@@H](O)[C@H](C)O3)c3ccc(c(Cl)c3)Oc3cc2cc(c3O[C@@H]2O[C@H](CO)[C@@H](O)[C@H](O)[C@H]2O[C@H]2C[C@](C)(NCc3ccc(-c4cccs4)s3)[C@@H](O)[C@H](C)O2)Oc2ccc(cc2Cl)[C@H]1O. The van der Waals surface area contributed by atoms with Gasteiger partial charge < -0.3 is 143 Å². The maximum atomic E-state index is 16.5. The summed E-state index contributed by atoms with van der Waals surface area (Å²) in [6.45, 7) is 9.18. The number of aliphatic hydroxyl groups is 6. The topological polar surface area (TPSA) is 561 Å². The minimum Gasteiger partial charge on any atom is -0.508 e. The van der Waals surface area contributed by atoms with Gasteiger partial charge in [-0.3, -0.25) is 33.6 Å². The van der Waals surface area contributed by atoms with Crippen molar-refractivity contribution in [2.75, 3.05) is 13.7 Å². The second-order valence-electron chi connectivity index (χ2n) is 31.8. The number of phenols is 3. The number of fused-ring (bicyclic) bond motifs is 15. The predicted molar refractivity (Wildman–Crippen MR) is 436 cm³/mol. The number of phenolic OH excluding ortho intramolecular Hbond substituents is 3. The van der Waals surface area contributed by atoms with Gasteiger partial charge in [0, 0.05) is 67.9 Å². The van der Waals surface area contributed by atoms with Crippen molar-refractivity contribution < 1.29 is 127 Å². The zero-order valence-corrected chi connectivity index (χ0v) is 69.6. The highest BCUT2D eigenvalue weighted by atomic mass is 35.5. The molecule has 15 rings (SSSR count). The Balaban J connectivity index is 1.03. The molecule has 10 heterocycles. The van der Waals surface area contributed by atoms with Gasteiger partial charge in [-0.2, -0.15) is 0 Å². The number of aromatic hydroxyl groups is 3. The number of carboxylic acids is 1. The lowest BCUT2D eigenvalue weighted by Gasteiger charge is -2.48. The van der Waals surface area contributed by atoms with Gasteiger partial charge >= 0.3 is 5.97 Å². The smallest absolute Gasteiger partial charge is 0.330 e. The molecule has 7 amide bonds. The normalized spacial score (nSPS) is 30.2. The first-order valence-electron chi connectivity index (χ1n) is 38.9. The molecule has 0 spiro atoms. The number of hydrogen-bond acceptors (Lipinski definition) is 30. The first-order valence-corrected chi connectivity index (χ1v) is 41.4. The Hall–Kier alpha value is -9.92. The summed E-state index contributed by atoms with van der Waals surface area (Å²) in [6.07, 6.45) is -22.7. The number of carbonyl (C=O) groups is 8. The Morgan fingerprint density at radius 1 is 0.680 bits per heavy atom. The number of likely N-dealkylation sites (N-methyl/N-ethyl adjacent to an activating group) is 1. The Morgan fingerprint density at radius 3 is 1.95 bits per heavy atom. The van der Waals surface area contributed by atoms with Crippen LogP contribution in [0.4, 0.5) is 0 Å². The highest BCUT2D eigenvalue weighted by molar-refractivity contribution is 7.21. The van der Waals surface area contributed by atoms with Gasteiger partial charge in [0.05, 0.1) is 53.5 Å². The van der Waals surface area contributed by atoms with Gasteiger partial charge in [-0.15, -0.1) is 22.7 Å². The Labute approximate surface area is 715 Å². The number of nitrogens with two attached hydrogens (primary N) is 2. The van der Waals surface area contributed by atoms with Gasteiger partial charge in [-0.1, -0.05) is 61.3 Å². The highest BCUT2D eigenvalue weighted by Gasteiger charge is 2.53. The van der Waals surface area contributed by atoms with Gasteiger partial charge in [-0.25, -0.2) is 4.79 Å². The van der Waals surface area contributed by atoms with Crippen LogP contribution in [-0.4, -0.2) is 215 Å². The molecule has 36 nitrogen and oxygen atoms in total. The molecule has 0 saturated carbocycles. The van der Waals surface area contributed by atoms with Crippen molar-refractivity contribution in [2.24, 2.45) is 17.4 Å². The van der Waals surface area contributed by atoms with Crippen LogP contribution in [0.2, 0.25) is 10.0 Å². The van der Waals surface area contributed by atoms with Crippen LogP contribution >= 0.6 is 45.9 Å². The molecule has 654 valence electrons. The van der Waals surface area contributed by atoms with Crippen molar-refractivity contribution >= 4 is 93.2 Å². The lowest BCUT2D eigenvalue weighted by molar-refractivity contribution is -0.334. The second kappa shape index (κ2) is 36.9. The lowest BCUT2D eigenvalue weighted by atomic mass is 9.85. The van der Waals surface area contributed by atoms with E-state index in [2.05, 4.69) is 42.5 Å². The van der Waals surface area contributed by atoms with E-state index in [-0.39, 0.29) is 59.2 Å². The number of ether oxygens (including phenoxy) is 8. The molecule has 40 heteroatoms. The predicted octanol–water partition coefficient (Wildman–Crippen LogP) is 3.96. The summed E-state index contributed by atoms with van der Waals surface area (Å²) in [4.78, 5) is 124. The minimum atomic E-state index is -2.39. The number of aliphatic hydroxyl groups excluding tert-OH is 6. The largest absolute Gasteiger partial charge is 0.508 e. The third-order valence-electron chi connectivity index (χ3n) is 22.2. The first kappa shape index (κ1) is 89.8. The average molecular weight is 1770 g/mol. The number of carboxylic acid groups (broad SMARTS) is 1. The fourth-order valence-corrected chi connectivity index (χ4v) is 18.0. The van der Waals surface area contributed by atoms with Crippen LogP contribution in [-0.2, 0) is 68.6 Å². The Morgan fingerprint density at radius 2 is 1.32 bits per heavy atom. The van der Waals surface area contributed by atoms with Crippen LogP contribution in [0.3, 0.4) is 0 Å². The van der Waals surface area contributed by atoms with Gasteiger partial charge in [0.1, 0.15) is 89.5 Å². The fourth-order valence-electron chi connectivity index (χ4n) is 15.7. The zero-order valence-electron chi connectivity index (χ0n) is 66.5. The molecule has 2 aromatic heterocycles. The van der Waals surface area contributed by atoms with E-state index in [1.807, 2.05) is 43.5 Å². The van der Waals surface area contributed by atoms with Gasteiger partial charge in [0.2, 0.25) is 53.4 Å². The van der Waals surface area contributed by atoms with Crippen molar-refractivity contribution in [3.05, 3.63) is 151 Å². The van der Waals surface area contributed by atoms with Crippen molar-refractivity contribution in [1.82, 2.24) is 42.5 Å². The summed E-state index contributed by atoms with van der Waals surface area (Å²) >= 11 is 17.8. The number of aliphatic carboxylic acids is 1. The third kappa shape index (κ3) is 19.2. The van der Waals surface area contributed by atoms with Crippen LogP contribution in [0, 0.1) is 5.92 Å². The molecule has 8 aliphatic heterocycles. The Bertz CT molecular complexity index is 5130. The summed E-state index contributed by atoms with van der Waals surface area (Å²) in [7, 11) is 1.48. The molecule has 11 bridgehead atoms. The fraction of sp³-hybridized carbons (Fsp3) is 0.439. The van der Waals surface area contributed by atoms with Gasteiger partial charge in [0.15, 0.2) is 36.2 Å². The monoisotopic (exact) mass is 1770 g/mol. The first-order chi connectivity index (χ1) is 57.8. The van der Waals surface area contributed by atoms with Crippen molar-refractivity contribution in [3.8, 4) is 66.9 Å². The molecule has 8 aliphatic rings. The van der Waals surface area contributed by atoms with E-state index in [4.69, 9.17) is 72.6 Å². The van der Waals surface area contributed by atoms with E-state index in [0.29, 0.717) is 0 Å². The number of thiophene rings is 2. The molecule has 0 aliphatic carbocycles. The molecular formula is C82H94Cl2N10O26S2. The molecule has 3 saturated heterocycles. The van der Waals surface area contributed by atoms with Gasteiger partial charge in [-0.05, 0) is 148 Å². The van der Waals surface area contributed by atoms with Crippen LogP contribution in [0.25, 0.3) is 20.9 Å². The molecular weight excluding hydrogens is 1680 g/mol. The molecule has 22 atom stereocenters. The zero-order chi connectivity index (χ0) is 88.0. The van der Waals surface area contributed by atoms with Crippen molar-refractivity contribution in [1.29, 1.82) is 0 Å². The van der Waals surface area contributed by atoms with E-state index in [1.165, 1.54) is 62.6 Å². The number of carbonyl (C=O) groups excluding carboxylic acids is 7. The van der Waals surface area contributed by atoms with Crippen LogP contribution < -0.4 is 68.2 Å². The van der Waals surface area contributed by atoms with Crippen LogP contribution in [0.1, 0.15) is 130 Å². The lowest BCUT2D eigenvalue weighted by Crippen LogP contribution is -2.65. The van der Waals surface area contributed by atoms with Crippen molar-refractivity contribution in [2.45, 2.75) is 207 Å². The third-order valence-corrected chi connectivity index (χ3v) is 24.9.